The second-order valence-corrected chi connectivity index (χ2v) is 8.35. The number of hydrogen-bond donors (Lipinski definition) is 3. The molecule has 8 heteroatoms. The van der Waals surface area contributed by atoms with E-state index in [0.29, 0.717) is 36.2 Å². The summed E-state index contributed by atoms with van der Waals surface area (Å²) in [5, 5.41) is 11.6. The fraction of sp³-hybridized carbons (Fsp3) is 0.455. The molecule has 0 bridgehead atoms. The van der Waals surface area contributed by atoms with Gasteiger partial charge in [-0.2, -0.15) is 0 Å². The number of aliphatic imine (C=N–C) groups is 1. The number of guanidine groups is 1. The Bertz CT molecular complexity index is 849. The highest BCUT2D eigenvalue weighted by molar-refractivity contribution is 7.10. The summed E-state index contributed by atoms with van der Waals surface area (Å²) in [6.07, 6.45) is 2.50. The van der Waals surface area contributed by atoms with E-state index in [2.05, 4.69) is 43.4 Å². The van der Waals surface area contributed by atoms with Gasteiger partial charge in [0.1, 0.15) is 5.82 Å². The first-order chi connectivity index (χ1) is 14.6. The third kappa shape index (κ3) is 6.03. The van der Waals surface area contributed by atoms with Gasteiger partial charge >= 0.3 is 0 Å². The van der Waals surface area contributed by atoms with Crippen LogP contribution >= 0.6 is 11.3 Å². The lowest BCUT2D eigenvalue weighted by Gasteiger charge is -2.27. The van der Waals surface area contributed by atoms with Crippen molar-refractivity contribution in [2.45, 2.75) is 25.8 Å². The molecule has 1 amide bonds. The molecule has 1 saturated heterocycles. The molecule has 3 rings (SSSR count). The average molecular weight is 432 g/mol. The second kappa shape index (κ2) is 11.1. The van der Waals surface area contributed by atoms with Crippen molar-refractivity contribution in [3.63, 3.8) is 0 Å². The summed E-state index contributed by atoms with van der Waals surface area (Å²) in [5.74, 6) is 0.0421. The van der Waals surface area contributed by atoms with Crippen molar-refractivity contribution >= 4 is 23.2 Å². The third-order valence-electron chi connectivity index (χ3n) is 5.28. The topological polar surface area (TPSA) is 68.8 Å². The third-order valence-corrected chi connectivity index (χ3v) is 6.25. The number of nitrogens with one attached hydrogen (secondary N) is 3. The van der Waals surface area contributed by atoms with Crippen LogP contribution in [0, 0.1) is 12.7 Å². The van der Waals surface area contributed by atoms with Crippen LogP contribution in [0.1, 0.15) is 39.7 Å². The molecule has 1 aromatic heterocycles. The molecule has 1 aliphatic rings. The number of carbonyl (C=O) groups is 1. The molecule has 1 unspecified atom stereocenters. The van der Waals surface area contributed by atoms with E-state index in [1.807, 2.05) is 0 Å². The number of amides is 1. The number of benzene rings is 1. The number of thiophene rings is 1. The van der Waals surface area contributed by atoms with Crippen LogP contribution in [-0.2, 0) is 0 Å². The number of rotatable bonds is 8. The fourth-order valence-electron chi connectivity index (χ4n) is 3.55. The van der Waals surface area contributed by atoms with Gasteiger partial charge in [0, 0.05) is 37.1 Å². The Kier molecular flexibility index (Phi) is 8.21. The summed E-state index contributed by atoms with van der Waals surface area (Å²) in [6.45, 7) is 5.63. The van der Waals surface area contributed by atoms with E-state index >= 15 is 0 Å². The molecule has 0 aliphatic carbocycles. The quantitative estimate of drug-likeness (QED) is 0.342. The van der Waals surface area contributed by atoms with Gasteiger partial charge in [-0.1, -0.05) is 12.1 Å². The Morgan fingerprint density at radius 2 is 1.97 bits per heavy atom. The predicted molar refractivity (Wildman–Crippen MR) is 121 cm³/mol. The smallest absolute Gasteiger partial charge is 0.251 e. The van der Waals surface area contributed by atoms with Crippen LogP contribution < -0.4 is 16.0 Å². The molecule has 0 radical (unpaired) electrons. The lowest BCUT2D eigenvalue weighted by Crippen LogP contribution is -2.44. The molecule has 2 aromatic rings. The SMILES string of the molecule is CN=C(NCCNC(=O)c1ccc(C)c(F)c1)NCC(c1cccs1)N1CCCC1. The van der Waals surface area contributed by atoms with Crippen molar-refractivity contribution in [1.29, 1.82) is 0 Å². The van der Waals surface area contributed by atoms with Crippen molar-refractivity contribution in [2.75, 3.05) is 39.8 Å². The fourth-order valence-corrected chi connectivity index (χ4v) is 4.41. The van der Waals surface area contributed by atoms with E-state index in [9.17, 15) is 9.18 Å². The minimum Gasteiger partial charge on any atom is -0.355 e. The minimum atomic E-state index is -0.372. The van der Waals surface area contributed by atoms with Crippen LogP contribution in [0.2, 0.25) is 0 Å². The van der Waals surface area contributed by atoms with Gasteiger partial charge in [0.05, 0.1) is 6.04 Å². The van der Waals surface area contributed by atoms with Crippen LogP contribution in [0.25, 0.3) is 0 Å². The Hall–Kier alpha value is -2.45. The molecule has 1 fully saturated rings. The highest BCUT2D eigenvalue weighted by Crippen LogP contribution is 2.27. The van der Waals surface area contributed by atoms with Crippen molar-refractivity contribution < 1.29 is 9.18 Å². The van der Waals surface area contributed by atoms with Gasteiger partial charge in [-0.25, -0.2) is 4.39 Å². The van der Waals surface area contributed by atoms with E-state index in [1.165, 1.54) is 23.8 Å². The number of carbonyl (C=O) groups excluding carboxylic acids is 1. The predicted octanol–water partition coefficient (Wildman–Crippen LogP) is 2.93. The van der Waals surface area contributed by atoms with E-state index in [1.54, 1.807) is 37.4 Å². The average Bonchev–Trinajstić information content (AvgIpc) is 3.46. The van der Waals surface area contributed by atoms with Gasteiger partial charge < -0.3 is 16.0 Å². The maximum atomic E-state index is 13.6. The largest absolute Gasteiger partial charge is 0.355 e. The second-order valence-electron chi connectivity index (χ2n) is 7.37. The van der Waals surface area contributed by atoms with Crippen LogP contribution in [0.4, 0.5) is 4.39 Å². The van der Waals surface area contributed by atoms with Crippen LogP contribution in [0.15, 0.2) is 40.7 Å². The number of hydrogen-bond acceptors (Lipinski definition) is 4. The minimum absolute atomic E-state index is 0.287. The van der Waals surface area contributed by atoms with Gasteiger partial charge in [-0.15, -0.1) is 11.3 Å². The molecule has 0 saturated carbocycles. The van der Waals surface area contributed by atoms with Crippen LogP contribution in [-0.4, -0.2) is 56.5 Å². The summed E-state index contributed by atoms with van der Waals surface area (Å²) < 4.78 is 13.6. The van der Waals surface area contributed by atoms with E-state index in [0.717, 1.165) is 19.6 Å². The van der Waals surface area contributed by atoms with Gasteiger partial charge in [0.15, 0.2) is 5.96 Å². The van der Waals surface area contributed by atoms with Crippen molar-refractivity contribution in [3.8, 4) is 0 Å². The summed E-state index contributed by atoms with van der Waals surface area (Å²) in [6, 6.07) is 9.13. The molecule has 0 spiro atoms. The molecule has 1 atom stereocenters. The standard InChI is InChI=1S/C22H30FN5OS/c1-16-7-8-17(14-18(16)23)21(29)25-9-10-26-22(24-2)27-15-19(20-6-5-13-30-20)28-11-3-4-12-28/h5-8,13-14,19H,3-4,9-12,15H2,1-2H3,(H,25,29)(H2,24,26,27). The molecule has 162 valence electrons. The highest BCUT2D eigenvalue weighted by atomic mass is 32.1. The molecule has 6 nitrogen and oxygen atoms in total. The Labute approximate surface area is 181 Å². The molecule has 2 heterocycles. The molecule has 1 aliphatic heterocycles. The monoisotopic (exact) mass is 431 g/mol. The van der Waals surface area contributed by atoms with E-state index in [4.69, 9.17) is 0 Å². The molecular formula is C22H30FN5OS. The normalized spacial score (nSPS) is 15.8. The maximum Gasteiger partial charge on any atom is 0.251 e. The van der Waals surface area contributed by atoms with Gasteiger partial charge in [0.25, 0.3) is 5.91 Å². The maximum absolute atomic E-state index is 13.6. The summed E-state index contributed by atoms with van der Waals surface area (Å²) in [7, 11) is 1.74. The number of nitrogens with zero attached hydrogens (tertiary/aromatic N) is 2. The van der Waals surface area contributed by atoms with Crippen LogP contribution in [0.3, 0.4) is 0 Å². The van der Waals surface area contributed by atoms with E-state index < -0.39 is 0 Å². The first kappa shape index (κ1) is 22.2. The Morgan fingerprint density at radius 3 is 2.63 bits per heavy atom. The summed E-state index contributed by atoms with van der Waals surface area (Å²) in [5.41, 5.74) is 0.850. The zero-order valence-corrected chi connectivity index (χ0v) is 18.4. The van der Waals surface area contributed by atoms with Crippen LogP contribution in [0.5, 0.6) is 0 Å². The van der Waals surface area contributed by atoms with Gasteiger partial charge in [-0.3, -0.25) is 14.7 Å². The Balaban J connectivity index is 1.44. The van der Waals surface area contributed by atoms with Crippen molar-refractivity contribution in [2.24, 2.45) is 4.99 Å². The lowest BCUT2D eigenvalue weighted by atomic mass is 10.1. The summed E-state index contributed by atoms with van der Waals surface area (Å²) >= 11 is 1.79. The summed E-state index contributed by atoms with van der Waals surface area (Å²) in [4.78, 5) is 20.3. The molecule has 1 aromatic carbocycles. The zero-order valence-electron chi connectivity index (χ0n) is 17.6. The van der Waals surface area contributed by atoms with Crippen molar-refractivity contribution in [3.05, 3.63) is 57.5 Å². The number of halogens is 1. The van der Waals surface area contributed by atoms with Gasteiger partial charge in [0.2, 0.25) is 0 Å². The van der Waals surface area contributed by atoms with E-state index in [-0.39, 0.29) is 11.7 Å². The molecular weight excluding hydrogens is 401 g/mol. The highest BCUT2D eigenvalue weighted by Gasteiger charge is 2.24. The van der Waals surface area contributed by atoms with Gasteiger partial charge in [-0.05, 0) is 62.0 Å². The molecule has 3 N–H and O–H groups in total. The number of aryl methyl sites for hydroxylation is 1. The Morgan fingerprint density at radius 1 is 1.20 bits per heavy atom. The number of likely N-dealkylation sites (tertiary alicyclic amines) is 1. The lowest BCUT2D eigenvalue weighted by molar-refractivity contribution is 0.0954. The van der Waals surface area contributed by atoms with Crippen molar-refractivity contribution in [1.82, 2.24) is 20.9 Å². The molecule has 30 heavy (non-hydrogen) atoms. The first-order valence-electron chi connectivity index (χ1n) is 10.3. The zero-order chi connectivity index (χ0) is 21.3. The first-order valence-corrected chi connectivity index (χ1v) is 11.2.